The van der Waals surface area contributed by atoms with Crippen LogP contribution >= 0.6 is 0 Å². The molecule has 2 aromatic rings. The molecule has 0 radical (unpaired) electrons. The first-order valence-corrected chi connectivity index (χ1v) is 6.07. The van der Waals surface area contributed by atoms with Gasteiger partial charge in [-0.05, 0) is 11.0 Å². The van der Waals surface area contributed by atoms with Crippen LogP contribution in [0, 0.1) is 0 Å². The van der Waals surface area contributed by atoms with Gasteiger partial charge in [0.25, 0.3) is 5.56 Å². The number of rotatable bonds is 2. The minimum Gasteiger partial charge on any atom is -0.295 e. The molecule has 18 heavy (non-hydrogen) atoms. The van der Waals surface area contributed by atoms with Crippen molar-refractivity contribution in [2.45, 2.75) is 32.7 Å². The number of hydrogen-bond donors (Lipinski definition) is 0. The fraction of sp³-hybridized carbons (Fsp3) is 0.333. The van der Waals surface area contributed by atoms with Gasteiger partial charge in [-0.1, -0.05) is 51.1 Å². The molecule has 0 fully saturated rings. The molecule has 0 aliphatic heterocycles. The van der Waals surface area contributed by atoms with Gasteiger partial charge >= 0.3 is 0 Å². The molecule has 3 heteroatoms. The normalized spacial score (nSPS) is 11.5. The summed E-state index contributed by atoms with van der Waals surface area (Å²) in [6.07, 6.45) is 3.27. The first kappa shape index (κ1) is 12.6. The molecule has 1 aromatic carbocycles. The van der Waals surface area contributed by atoms with Crippen LogP contribution < -0.4 is 5.56 Å². The van der Waals surface area contributed by atoms with Gasteiger partial charge in [-0.3, -0.25) is 9.36 Å². The zero-order valence-electron chi connectivity index (χ0n) is 11.1. The average Bonchev–Trinajstić information content (AvgIpc) is 2.32. The van der Waals surface area contributed by atoms with Crippen molar-refractivity contribution >= 4 is 0 Å². The molecule has 0 aliphatic rings. The van der Waals surface area contributed by atoms with E-state index in [0.29, 0.717) is 6.54 Å². The van der Waals surface area contributed by atoms with Crippen molar-refractivity contribution in [1.82, 2.24) is 9.55 Å². The Morgan fingerprint density at radius 2 is 1.83 bits per heavy atom. The topological polar surface area (TPSA) is 34.9 Å². The molecule has 0 bridgehead atoms. The van der Waals surface area contributed by atoms with Gasteiger partial charge in [-0.2, -0.15) is 0 Å². The number of aromatic nitrogens is 2. The Morgan fingerprint density at radius 3 is 2.44 bits per heavy atom. The molecule has 0 unspecified atom stereocenters. The quantitative estimate of drug-likeness (QED) is 0.811. The molecule has 1 aromatic heterocycles. The van der Waals surface area contributed by atoms with Gasteiger partial charge in [0.2, 0.25) is 0 Å². The van der Waals surface area contributed by atoms with Gasteiger partial charge in [0.15, 0.2) is 0 Å². The molecule has 1 heterocycles. The van der Waals surface area contributed by atoms with Crippen molar-refractivity contribution < 1.29 is 0 Å². The Balaban J connectivity index is 2.39. The van der Waals surface area contributed by atoms with E-state index < -0.39 is 0 Å². The van der Waals surface area contributed by atoms with E-state index in [1.165, 1.54) is 0 Å². The van der Waals surface area contributed by atoms with E-state index in [1.54, 1.807) is 17.1 Å². The third-order valence-corrected chi connectivity index (χ3v) is 2.90. The molecule has 0 atom stereocenters. The lowest BCUT2D eigenvalue weighted by atomic mass is 9.89. The second-order valence-corrected chi connectivity index (χ2v) is 5.48. The van der Waals surface area contributed by atoms with E-state index in [4.69, 9.17) is 0 Å². The second-order valence-electron chi connectivity index (χ2n) is 5.48. The number of nitrogens with zero attached hydrogens (tertiary/aromatic N) is 2. The third-order valence-electron chi connectivity index (χ3n) is 2.90. The molecular weight excluding hydrogens is 224 g/mol. The Morgan fingerprint density at radius 1 is 1.17 bits per heavy atom. The fourth-order valence-corrected chi connectivity index (χ4v) is 1.86. The van der Waals surface area contributed by atoms with Gasteiger partial charge in [0.1, 0.15) is 0 Å². The van der Waals surface area contributed by atoms with Crippen LogP contribution in [-0.4, -0.2) is 9.55 Å². The van der Waals surface area contributed by atoms with E-state index in [2.05, 4.69) is 4.98 Å². The van der Waals surface area contributed by atoms with E-state index in [9.17, 15) is 4.79 Å². The molecule has 94 valence electrons. The minimum absolute atomic E-state index is 0.0429. The van der Waals surface area contributed by atoms with Crippen molar-refractivity contribution in [3.8, 4) is 0 Å². The van der Waals surface area contributed by atoms with Crippen LogP contribution in [0.15, 0.2) is 47.7 Å². The Kier molecular flexibility index (Phi) is 3.32. The van der Waals surface area contributed by atoms with Gasteiger partial charge < -0.3 is 0 Å². The van der Waals surface area contributed by atoms with Crippen molar-refractivity contribution in [3.05, 3.63) is 64.3 Å². The molecule has 0 N–H and O–H groups in total. The lowest BCUT2D eigenvalue weighted by Crippen LogP contribution is -2.30. The first-order chi connectivity index (χ1) is 8.48. The van der Waals surface area contributed by atoms with Crippen molar-refractivity contribution in [2.75, 3.05) is 0 Å². The number of benzene rings is 1. The van der Waals surface area contributed by atoms with Crippen molar-refractivity contribution in [1.29, 1.82) is 0 Å². The predicted octanol–water partition coefficient (Wildman–Crippen LogP) is 2.59. The standard InChI is InChI=1S/C15H18N2O/c1-15(2,3)13-9-16-11-17(14(13)18)10-12-7-5-4-6-8-12/h4-9,11H,10H2,1-3H3. The highest BCUT2D eigenvalue weighted by Crippen LogP contribution is 2.17. The third kappa shape index (κ3) is 2.67. The van der Waals surface area contributed by atoms with Crippen LogP contribution in [0.3, 0.4) is 0 Å². The van der Waals surface area contributed by atoms with Crippen LogP contribution in [0.1, 0.15) is 31.9 Å². The smallest absolute Gasteiger partial charge is 0.257 e. The molecule has 3 nitrogen and oxygen atoms in total. The van der Waals surface area contributed by atoms with E-state index in [0.717, 1.165) is 11.1 Å². The summed E-state index contributed by atoms with van der Waals surface area (Å²) in [6, 6.07) is 9.94. The van der Waals surface area contributed by atoms with Crippen LogP contribution in [0.4, 0.5) is 0 Å². The van der Waals surface area contributed by atoms with E-state index in [1.807, 2.05) is 51.1 Å². The summed E-state index contributed by atoms with van der Waals surface area (Å²) in [5.41, 5.74) is 1.72. The Hall–Kier alpha value is -1.90. The van der Waals surface area contributed by atoms with Crippen molar-refractivity contribution in [2.24, 2.45) is 0 Å². The molecule has 0 spiro atoms. The second kappa shape index (κ2) is 4.77. The van der Waals surface area contributed by atoms with Crippen molar-refractivity contribution in [3.63, 3.8) is 0 Å². The predicted molar refractivity (Wildman–Crippen MR) is 72.7 cm³/mol. The first-order valence-electron chi connectivity index (χ1n) is 6.07. The monoisotopic (exact) mass is 242 g/mol. The maximum absolute atomic E-state index is 12.3. The zero-order chi connectivity index (χ0) is 13.2. The Bertz CT molecular complexity index is 579. The van der Waals surface area contributed by atoms with E-state index in [-0.39, 0.29) is 11.0 Å². The lowest BCUT2D eigenvalue weighted by molar-refractivity contribution is 0.561. The zero-order valence-corrected chi connectivity index (χ0v) is 11.1. The molecular formula is C15H18N2O. The minimum atomic E-state index is -0.177. The molecule has 0 amide bonds. The van der Waals surface area contributed by atoms with Gasteiger partial charge in [-0.25, -0.2) is 4.98 Å². The van der Waals surface area contributed by atoms with Crippen LogP contribution in [-0.2, 0) is 12.0 Å². The highest BCUT2D eigenvalue weighted by atomic mass is 16.1. The van der Waals surface area contributed by atoms with Crippen LogP contribution in [0.25, 0.3) is 0 Å². The fourth-order valence-electron chi connectivity index (χ4n) is 1.86. The molecule has 0 saturated carbocycles. The SMILES string of the molecule is CC(C)(C)c1cncn(Cc2ccccc2)c1=O. The van der Waals surface area contributed by atoms with Crippen LogP contribution in [0.2, 0.25) is 0 Å². The lowest BCUT2D eigenvalue weighted by Gasteiger charge is -2.18. The largest absolute Gasteiger partial charge is 0.295 e. The van der Waals surface area contributed by atoms with Gasteiger partial charge in [-0.15, -0.1) is 0 Å². The average molecular weight is 242 g/mol. The highest BCUT2D eigenvalue weighted by molar-refractivity contribution is 5.18. The maximum atomic E-state index is 12.3. The Labute approximate surface area is 107 Å². The summed E-state index contributed by atoms with van der Waals surface area (Å²) in [5, 5.41) is 0. The number of hydrogen-bond acceptors (Lipinski definition) is 2. The van der Waals surface area contributed by atoms with E-state index >= 15 is 0 Å². The maximum Gasteiger partial charge on any atom is 0.257 e. The van der Waals surface area contributed by atoms with Gasteiger partial charge in [0, 0.05) is 11.8 Å². The summed E-state index contributed by atoms with van der Waals surface area (Å²) in [5.74, 6) is 0. The summed E-state index contributed by atoms with van der Waals surface area (Å²) in [4.78, 5) is 16.5. The summed E-state index contributed by atoms with van der Waals surface area (Å²) < 4.78 is 1.66. The van der Waals surface area contributed by atoms with Gasteiger partial charge in [0.05, 0.1) is 12.9 Å². The summed E-state index contributed by atoms with van der Waals surface area (Å²) in [7, 11) is 0. The van der Waals surface area contributed by atoms with Crippen LogP contribution in [0.5, 0.6) is 0 Å². The highest BCUT2D eigenvalue weighted by Gasteiger charge is 2.19. The molecule has 0 aliphatic carbocycles. The summed E-state index contributed by atoms with van der Waals surface area (Å²) in [6.45, 7) is 6.64. The molecule has 2 rings (SSSR count). The molecule has 0 saturated heterocycles. The summed E-state index contributed by atoms with van der Waals surface area (Å²) >= 11 is 0.